The molecule has 2 nitrogen and oxygen atoms in total. The standard InChI is InChI=1S/C7H16.C4H8.C3H6O.C2H7N.2C2H6/c1-6(2)5-7(3)4;1-3-4-2;1-3(2)4;1-3-2;2*1-2/h6-7H,5H2,1-4H3;3-4H,1-2H3;4H,1H2,2H3;3H,1-2H3;2*1-2H3/b;4-3-;;;;. The highest BCUT2D eigenvalue weighted by atomic mass is 16.3. The minimum absolute atomic E-state index is 0.167. The van der Waals surface area contributed by atoms with E-state index in [0.717, 1.165) is 11.8 Å². The first-order valence-electron chi connectivity index (χ1n) is 8.69. The van der Waals surface area contributed by atoms with E-state index in [9.17, 15) is 0 Å². The summed E-state index contributed by atoms with van der Waals surface area (Å²) in [5.74, 6) is 1.92. The molecule has 0 unspecified atom stereocenters. The molecule has 0 aliphatic rings. The SMILES string of the molecule is C/C=C\C.C=C(C)O.CC.CC.CC(C)CC(C)C.CNC. The number of aliphatic hydroxyl groups excluding tert-OH is 1. The predicted molar refractivity (Wildman–Crippen MR) is 110 cm³/mol. The van der Waals surface area contributed by atoms with Gasteiger partial charge in [0.05, 0.1) is 5.76 Å². The first-order valence-corrected chi connectivity index (χ1v) is 8.69. The number of aliphatic hydroxyl groups is 1. The Labute approximate surface area is 144 Å². The Balaban J connectivity index is -0.0000000375. The number of rotatable bonds is 2. The molecule has 22 heavy (non-hydrogen) atoms. The Hall–Kier alpha value is -0.760. The Kier molecular flexibility index (Phi) is 85.2. The lowest BCUT2D eigenvalue weighted by Gasteiger charge is -2.05. The highest BCUT2D eigenvalue weighted by Crippen LogP contribution is 2.08. The Morgan fingerprint density at radius 1 is 0.909 bits per heavy atom. The molecule has 0 aromatic carbocycles. The minimum atomic E-state index is 0.167. The van der Waals surface area contributed by atoms with Crippen molar-refractivity contribution in [3.05, 3.63) is 24.5 Å². The van der Waals surface area contributed by atoms with Crippen molar-refractivity contribution in [2.45, 2.75) is 82.6 Å². The second kappa shape index (κ2) is 50.0. The lowest BCUT2D eigenvalue weighted by molar-refractivity contribution is 0.417. The number of allylic oxidation sites excluding steroid dienone is 3. The molecule has 0 heterocycles. The minimum Gasteiger partial charge on any atom is -0.513 e. The van der Waals surface area contributed by atoms with Gasteiger partial charge >= 0.3 is 0 Å². The van der Waals surface area contributed by atoms with Crippen LogP contribution in [-0.4, -0.2) is 19.2 Å². The molecule has 0 bridgehead atoms. The maximum atomic E-state index is 7.86. The highest BCUT2D eigenvalue weighted by Gasteiger charge is 1.95. The van der Waals surface area contributed by atoms with Crippen molar-refractivity contribution in [3.8, 4) is 0 Å². The summed E-state index contributed by atoms with van der Waals surface area (Å²) >= 11 is 0. The fraction of sp³-hybridized carbons (Fsp3) is 0.800. The summed E-state index contributed by atoms with van der Waals surface area (Å²) in [6.07, 6.45) is 5.36. The summed E-state index contributed by atoms with van der Waals surface area (Å²) in [4.78, 5) is 0. The van der Waals surface area contributed by atoms with Crippen LogP contribution in [0.25, 0.3) is 0 Å². The van der Waals surface area contributed by atoms with Crippen molar-refractivity contribution in [1.29, 1.82) is 0 Å². The summed E-state index contributed by atoms with van der Waals surface area (Å²) in [5, 5.41) is 10.6. The van der Waals surface area contributed by atoms with Gasteiger partial charge in [-0.1, -0.05) is 74.1 Å². The van der Waals surface area contributed by atoms with Crippen LogP contribution in [0.5, 0.6) is 0 Å². The van der Waals surface area contributed by atoms with Crippen LogP contribution in [-0.2, 0) is 0 Å². The van der Waals surface area contributed by atoms with Crippen LogP contribution >= 0.6 is 0 Å². The summed E-state index contributed by atoms with van der Waals surface area (Å²) in [6, 6.07) is 0. The fourth-order valence-electron chi connectivity index (χ4n) is 0.943. The number of hydrogen-bond acceptors (Lipinski definition) is 2. The van der Waals surface area contributed by atoms with E-state index in [1.54, 1.807) is 0 Å². The van der Waals surface area contributed by atoms with Gasteiger partial charge in [0.25, 0.3) is 0 Å². The molecule has 2 heteroatoms. The Bertz CT molecular complexity index is 147. The lowest BCUT2D eigenvalue weighted by atomic mass is 10.0. The zero-order valence-electron chi connectivity index (χ0n) is 18.2. The third kappa shape index (κ3) is 356. The molecular weight excluding hydrogens is 270 g/mol. The van der Waals surface area contributed by atoms with Crippen LogP contribution in [0.1, 0.15) is 82.6 Å². The molecule has 0 aromatic rings. The van der Waals surface area contributed by atoms with E-state index in [2.05, 4.69) is 39.6 Å². The fourth-order valence-corrected chi connectivity index (χ4v) is 0.943. The maximum absolute atomic E-state index is 7.86. The van der Waals surface area contributed by atoms with Gasteiger partial charge in [-0.05, 0) is 53.1 Å². The van der Waals surface area contributed by atoms with Gasteiger partial charge < -0.3 is 10.4 Å². The predicted octanol–water partition coefficient (Wildman–Crippen LogP) is 7.24. The quantitative estimate of drug-likeness (QED) is 0.415. The van der Waals surface area contributed by atoms with E-state index in [-0.39, 0.29) is 5.76 Å². The van der Waals surface area contributed by atoms with Crippen molar-refractivity contribution < 1.29 is 5.11 Å². The molecule has 0 saturated carbocycles. The van der Waals surface area contributed by atoms with Gasteiger partial charge in [0.15, 0.2) is 0 Å². The van der Waals surface area contributed by atoms with E-state index in [0.29, 0.717) is 0 Å². The number of hydrogen-bond donors (Lipinski definition) is 2. The van der Waals surface area contributed by atoms with Crippen LogP contribution < -0.4 is 5.32 Å². The van der Waals surface area contributed by atoms with Crippen LogP contribution in [0.3, 0.4) is 0 Å². The second-order valence-electron chi connectivity index (χ2n) is 4.93. The summed E-state index contributed by atoms with van der Waals surface area (Å²) in [6.45, 7) is 25.7. The van der Waals surface area contributed by atoms with E-state index in [4.69, 9.17) is 5.11 Å². The monoisotopic (exact) mass is 319 g/mol. The van der Waals surface area contributed by atoms with Crippen LogP contribution in [0.2, 0.25) is 0 Å². The van der Waals surface area contributed by atoms with Gasteiger partial charge in [0.2, 0.25) is 0 Å². The van der Waals surface area contributed by atoms with Crippen molar-refractivity contribution in [3.63, 3.8) is 0 Å². The average molecular weight is 320 g/mol. The largest absolute Gasteiger partial charge is 0.513 e. The Morgan fingerprint density at radius 2 is 1.05 bits per heavy atom. The maximum Gasteiger partial charge on any atom is 0.0820 e. The molecule has 0 radical (unpaired) electrons. The molecule has 0 atom stereocenters. The van der Waals surface area contributed by atoms with Gasteiger partial charge in [-0.25, -0.2) is 0 Å². The van der Waals surface area contributed by atoms with E-state index in [1.807, 2.05) is 67.8 Å². The van der Waals surface area contributed by atoms with Crippen molar-refractivity contribution in [2.75, 3.05) is 14.1 Å². The van der Waals surface area contributed by atoms with Gasteiger partial charge in [-0.3, -0.25) is 0 Å². The molecule has 0 fully saturated rings. The van der Waals surface area contributed by atoms with Crippen molar-refractivity contribution in [2.24, 2.45) is 11.8 Å². The summed E-state index contributed by atoms with van der Waals surface area (Å²) < 4.78 is 0. The molecule has 140 valence electrons. The van der Waals surface area contributed by atoms with Gasteiger partial charge in [-0.15, -0.1) is 0 Å². The number of nitrogens with one attached hydrogen (secondary N) is 1. The second-order valence-corrected chi connectivity index (χ2v) is 4.93. The lowest BCUT2D eigenvalue weighted by Crippen LogP contribution is -1.93. The first kappa shape index (κ1) is 37.5. The van der Waals surface area contributed by atoms with Crippen molar-refractivity contribution in [1.82, 2.24) is 5.32 Å². The molecule has 0 aliphatic carbocycles. The summed E-state index contributed by atoms with van der Waals surface area (Å²) in [7, 11) is 3.75. The molecular formula is C20H49NO. The van der Waals surface area contributed by atoms with Gasteiger partial charge in [0, 0.05) is 0 Å². The van der Waals surface area contributed by atoms with Crippen LogP contribution in [0.15, 0.2) is 24.5 Å². The molecule has 2 N–H and O–H groups in total. The van der Waals surface area contributed by atoms with Gasteiger partial charge in [-0.2, -0.15) is 0 Å². The zero-order valence-corrected chi connectivity index (χ0v) is 18.2. The zero-order chi connectivity index (χ0) is 19.6. The molecule has 0 aromatic heterocycles. The topological polar surface area (TPSA) is 32.3 Å². The summed E-state index contributed by atoms with van der Waals surface area (Å²) in [5.41, 5.74) is 0. The Morgan fingerprint density at radius 3 is 1.05 bits per heavy atom. The third-order valence-electron chi connectivity index (χ3n) is 1.28. The molecule has 0 aliphatic heterocycles. The van der Waals surface area contributed by atoms with Crippen LogP contribution in [0, 0.1) is 11.8 Å². The van der Waals surface area contributed by atoms with E-state index >= 15 is 0 Å². The molecule has 0 amide bonds. The first-order chi connectivity index (χ1) is 10.2. The molecule has 0 rings (SSSR count). The third-order valence-corrected chi connectivity index (χ3v) is 1.28. The normalized spacial score (nSPS) is 7.77. The van der Waals surface area contributed by atoms with E-state index in [1.165, 1.54) is 13.3 Å². The van der Waals surface area contributed by atoms with E-state index < -0.39 is 0 Å². The van der Waals surface area contributed by atoms with Crippen molar-refractivity contribution >= 4 is 0 Å². The smallest absolute Gasteiger partial charge is 0.0820 e. The molecule has 0 saturated heterocycles. The van der Waals surface area contributed by atoms with Crippen LogP contribution in [0.4, 0.5) is 0 Å². The molecule has 0 spiro atoms. The average Bonchev–Trinajstić information content (AvgIpc) is 2.42. The highest BCUT2D eigenvalue weighted by molar-refractivity contribution is 4.68. The van der Waals surface area contributed by atoms with Gasteiger partial charge in [0.1, 0.15) is 0 Å².